The Hall–Kier alpha value is -3.75. The molecule has 1 aliphatic heterocycles. The molecule has 1 saturated heterocycles. The van der Waals surface area contributed by atoms with E-state index in [1.54, 1.807) is 53.7 Å². The number of piperazine rings is 1. The molecular weight excluding hydrogens is 384 g/mol. The molecule has 3 heterocycles. The van der Waals surface area contributed by atoms with E-state index in [0.717, 1.165) is 0 Å². The average molecular weight is 406 g/mol. The van der Waals surface area contributed by atoms with Gasteiger partial charge in [-0.15, -0.1) is 6.58 Å². The summed E-state index contributed by atoms with van der Waals surface area (Å²) < 4.78 is 2.65. The maximum absolute atomic E-state index is 12.9. The largest absolute Gasteiger partial charge is 0.338 e. The van der Waals surface area contributed by atoms with Crippen LogP contribution in [0.5, 0.6) is 0 Å². The van der Waals surface area contributed by atoms with Crippen LogP contribution in [0.2, 0.25) is 0 Å². The molecule has 30 heavy (non-hydrogen) atoms. The number of benzene rings is 1. The molecule has 0 radical (unpaired) electrons. The van der Waals surface area contributed by atoms with Gasteiger partial charge in [0.1, 0.15) is 6.54 Å². The molecule has 1 aromatic carbocycles. The minimum Gasteiger partial charge on any atom is -0.338 e. The number of para-hydroxylation sites is 2. The van der Waals surface area contributed by atoms with Gasteiger partial charge in [-0.1, -0.05) is 18.2 Å². The lowest BCUT2D eigenvalue weighted by Gasteiger charge is -2.34. The van der Waals surface area contributed by atoms with Gasteiger partial charge >= 0.3 is 11.1 Å². The Labute approximate surface area is 172 Å². The summed E-state index contributed by atoms with van der Waals surface area (Å²) in [6.45, 7) is 5.91. The van der Waals surface area contributed by atoms with Crippen molar-refractivity contribution in [1.82, 2.24) is 24.0 Å². The summed E-state index contributed by atoms with van der Waals surface area (Å²) in [4.78, 5) is 50.4. The Balaban J connectivity index is 1.56. The first-order chi connectivity index (χ1) is 14.6. The van der Waals surface area contributed by atoms with Gasteiger partial charge in [0.25, 0.3) is 0 Å². The molecule has 9 nitrogen and oxygen atoms in total. The minimum atomic E-state index is -0.708. The molecule has 1 aliphatic rings. The van der Waals surface area contributed by atoms with Crippen molar-refractivity contribution in [3.63, 3.8) is 0 Å². The molecule has 3 aromatic rings. The number of nitrogens with zero attached hydrogens (tertiary/aromatic N) is 6. The second-order valence-electron chi connectivity index (χ2n) is 7.00. The van der Waals surface area contributed by atoms with Gasteiger partial charge in [0.2, 0.25) is 11.9 Å². The number of hydrogen-bond acceptors (Lipinski definition) is 6. The van der Waals surface area contributed by atoms with Crippen LogP contribution >= 0.6 is 0 Å². The van der Waals surface area contributed by atoms with Crippen LogP contribution in [0, 0.1) is 0 Å². The van der Waals surface area contributed by atoms with Crippen LogP contribution in [-0.4, -0.2) is 56.1 Å². The van der Waals surface area contributed by atoms with Crippen molar-refractivity contribution in [3.05, 3.63) is 76.1 Å². The van der Waals surface area contributed by atoms with Gasteiger partial charge in [-0.25, -0.2) is 9.97 Å². The minimum absolute atomic E-state index is 0.175. The number of hydrogen-bond donors (Lipinski definition) is 0. The van der Waals surface area contributed by atoms with E-state index in [1.165, 1.54) is 9.13 Å². The van der Waals surface area contributed by atoms with E-state index in [2.05, 4.69) is 16.5 Å². The van der Waals surface area contributed by atoms with Gasteiger partial charge < -0.3 is 9.80 Å². The van der Waals surface area contributed by atoms with Crippen molar-refractivity contribution in [2.45, 2.75) is 13.1 Å². The summed E-state index contributed by atoms with van der Waals surface area (Å²) in [5.41, 5.74) is -0.220. The third kappa shape index (κ3) is 3.61. The molecule has 0 aliphatic carbocycles. The predicted octanol–water partition coefficient (Wildman–Crippen LogP) is 0.488. The third-order valence-corrected chi connectivity index (χ3v) is 5.21. The highest BCUT2D eigenvalue weighted by Crippen LogP contribution is 2.13. The van der Waals surface area contributed by atoms with Crippen LogP contribution < -0.4 is 16.0 Å². The van der Waals surface area contributed by atoms with E-state index >= 15 is 0 Å². The maximum atomic E-state index is 12.9. The van der Waals surface area contributed by atoms with Crippen molar-refractivity contribution in [2.24, 2.45) is 0 Å². The van der Waals surface area contributed by atoms with Gasteiger partial charge in [-0.2, -0.15) is 0 Å². The second kappa shape index (κ2) is 8.32. The Kier molecular flexibility index (Phi) is 5.42. The first-order valence-corrected chi connectivity index (χ1v) is 9.73. The summed E-state index contributed by atoms with van der Waals surface area (Å²) in [7, 11) is 0. The van der Waals surface area contributed by atoms with Gasteiger partial charge in [-0.3, -0.25) is 23.5 Å². The standard InChI is InChI=1S/C21H22N6O3/c1-2-10-26-16-6-3-4-7-17(16)27(20(30)19(26)29)15-18(28)24-11-13-25(14-12-24)21-22-8-5-9-23-21/h2-9H,1,10-15H2. The number of fused-ring (bicyclic) bond motifs is 1. The molecule has 9 heteroatoms. The van der Waals surface area contributed by atoms with Gasteiger partial charge in [-0.05, 0) is 18.2 Å². The fourth-order valence-corrected chi connectivity index (χ4v) is 3.68. The molecule has 2 aromatic heterocycles. The lowest BCUT2D eigenvalue weighted by molar-refractivity contribution is -0.132. The number of carbonyl (C=O) groups excluding carboxylic acids is 1. The van der Waals surface area contributed by atoms with Crippen molar-refractivity contribution in [1.29, 1.82) is 0 Å². The summed E-state index contributed by atoms with van der Waals surface area (Å²) in [5.74, 6) is 0.439. The van der Waals surface area contributed by atoms with Crippen molar-refractivity contribution in [2.75, 3.05) is 31.1 Å². The second-order valence-corrected chi connectivity index (χ2v) is 7.00. The highest BCUT2D eigenvalue weighted by molar-refractivity contribution is 5.80. The summed E-state index contributed by atoms with van der Waals surface area (Å²) in [6, 6.07) is 8.84. The lowest BCUT2D eigenvalue weighted by atomic mass is 10.2. The number of carbonyl (C=O) groups is 1. The number of rotatable bonds is 5. The zero-order valence-corrected chi connectivity index (χ0v) is 16.5. The Morgan fingerprint density at radius 1 is 0.933 bits per heavy atom. The zero-order valence-electron chi connectivity index (χ0n) is 16.5. The number of anilines is 1. The first-order valence-electron chi connectivity index (χ1n) is 9.73. The summed E-state index contributed by atoms with van der Waals surface area (Å²) in [5, 5.41) is 0. The van der Waals surface area contributed by atoms with E-state index in [0.29, 0.717) is 43.2 Å². The molecule has 0 unspecified atom stereocenters. The monoisotopic (exact) mass is 406 g/mol. The van der Waals surface area contributed by atoms with Crippen LogP contribution in [-0.2, 0) is 17.9 Å². The average Bonchev–Trinajstić information content (AvgIpc) is 2.80. The van der Waals surface area contributed by atoms with Crippen molar-refractivity contribution >= 4 is 22.9 Å². The van der Waals surface area contributed by atoms with Crippen LogP contribution in [0.3, 0.4) is 0 Å². The molecule has 4 rings (SSSR count). The van der Waals surface area contributed by atoms with E-state index in [4.69, 9.17) is 0 Å². The molecule has 1 fully saturated rings. The first kappa shape index (κ1) is 19.6. The van der Waals surface area contributed by atoms with E-state index in [1.807, 2.05) is 4.90 Å². The maximum Gasteiger partial charge on any atom is 0.317 e. The van der Waals surface area contributed by atoms with Crippen LogP contribution in [0.25, 0.3) is 11.0 Å². The van der Waals surface area contributed by atoms with E-state index in [9.17, 15) is 14.4 Å². The van der Waals surface area contributed by atoms with Gasteiger partial charge in [0.05, 0.1) is 11.0 Å². The van der Waals surface area contributed by atoms with Gasteiger partial charge in [0, 0.05) is 45.1 Å². The smallest absolute Gasteiger partial charge is 0.317 e. The molecule has 0 saturated carbocycles. The normalized spacial score (nSPS) is 14.1. The Bertz CT molecular complexity index is 1190. The third-order valence-electron chi connectivity index (χ3n) is 5.21. The number of aromatic nitrogens is 4. The van der Waals surface area contributed by atoms with Crippen LogP contribution in [0.4, 0.5) is 5.95 Å². The summed E-state index contributed by atoms with van der Waals surface area (Å²) in [6.07, 6.45) is 4.94. The topological polar surface area (TPSA) is 93.3 Å². The SMILES string of the molecule is C=CCn1c(=O)c(=O)n(CC(=O)N2CCN(c3ncccn3)CC2)c2ccccc21. The quantitative estimate of drug-likeness (QED) is 0.452. The molecule has 1 amide bonds. The zero-order chi connectivity index (χ0) is 21.1. The number of amides is 1. The highest BCUT2D eigenvalue weighted by atomic mass is 16.2. The van der Waals surface area contributed by atoms with Crippen molar-refractivity contribution in [3.8, 4) is 0 Å². The molecule has 0 spiro atoms. The molecule has 0 atom stereocenters. The molecule has 0 bridgehead atoms. The molecule has 154 valence electrons. The highest BCUT2D eigenvalue weighted by Gasteiger charge is 2.24. The fraction of sp³-hybridized carbons (Fsp3) is 0.286. The van der Waals surface area contributed by atoms with E-state index < -0.39 is 11.1 Å². The Morgan fingerprint density at radius 2 is 1.53 bits per heavy atom. The lowest BCUT2D eigenvalue weighted by Crippen LogP contribution is -2.51. The molecular formula is C21H22N6O3. The number of allylic oxidation sites excluding steroid dienone is 1. The van der Waals surface area contributed by atoms with Crippen molar-refractivity contribution < 1.29 is 4.79 Å². The van der Waals surface area contributed by atoms with E-state index in [-0.39, 0.29) is 19.0 Å². The fourth-order valence-electron chi connectivity index (χ4n) is 3.68. The van der Waals surface area contributed by atoms with Crippen LogP contribution in [0.1, 0.15) is 0 Å². The van der Waals surface area contributed by atoms with Gasteiger partial charge in [0.15, 0.2) is 0 Å². The predicted molar refractivity (Wildman–Crippen MR) is 113 cm³/mol. The molecule has 0 N–H and O–H groups in total. The summed E-state index contributed by atoms with van der Waals surface area (Å²) >= 11 is 0. The van der Waals surface area contributed by atoms with Crippen LogP contribution in [0.15, 0.2) is 65.0 Å². The Morgan fingerprint density at radius 3 is 2.17 bits per heavy atom.